The van der Waals surface area contributed by atoms with Crippen molar-refractivity contribution in [3.05, 3.63) is 63.9 Å². The number of hydrogen-bond donors (Lipinski definition) is 1. The number of anilines is 1. The molecule has 0 aliphatic carbocycles. The summed E-state index contributed by atoms with van der Waals surface area (Å²) in [6.45, 7) is 1.42. The Kier molecular flexibility index (Phi) is 5.27. The van der Waals surface area contributed by atoms with Crippen LogP contribution < -0.4 is 5.32 Å². The normalized spacial score (nSPS) is 10.1. The molecule has 0 atom stereocenters. The Bertz CT molecular complexity index is 704. The first-order valence-corrected chi connectivity index (χ1v) is 7.24. The van der Waals surface area contributed by atoms with Gasteiger partial charge in [-0.05, 0) is 40.5 Å². The summed E-state index contributed by atoms with van der Waals surface area (Å²) in [5, 5.41) is 2.39. The largest absolute Gasteiger partial charge is 0.444 e. The lowest BCUT2D eigenvalue weighted by atomic mass is 10.1. The molecule has 1 amide bonds. The molecular formula is C16H13BrFNO3. The Morgan fingerprint density at radius 3 is 2.55 bits per heavy atom. The third-order valence-corrected chi connectivity index (χ3v) is 3.50. The van der Waals surface area contributed by atoms with Crippen LogP contribution >= 0.6 is 15.9 Å². The van der Waals surface area contributed by atoms with Gasteiger partial charge in [-0.2, -0.15) is 0 Å². The van der Waals surface area contributed by atoms with Gasteiger partial charge in [0.25, 0.3) is 0 Å². The maximum atomic E-state index is 13.6. The van der Waals surface area contributed by atoms with Crippen LogP contribution in [0, 0.1) is 5.82 Å². The van der Waals surface area contributed by atoms with E-state index in [1.165, 1.54) is 13.0 Å². The van der Waals surface area contributed by atoms with Crippen LogP contribution in [-0.4, -0.2) is 11.9 Å². The second kappa shape index (κ2) is 7.17. The van der Waals surface area contributed by atoms with Crippen molar-refractivity contribution in [2.45, 2.75) is 13.5 Å². The molecule has 0 aliphatic rings. The molecule has 2 aromatic carbocycles. The summed E-state index contributed by atoms with van der Waals surface area (Å²) in [5.41, 5.74) is 1.10. The quantitative estimate of drug-likeness (QED) is 0.809. The number of nitrogens with one attached hydrogen (secondary N) is 1. The van der Waals surface area contributed by atoms with Crippen LogP contribution in [0.2, 0.25) is 0 Å². The minimum absolute atomic E-state index is 0.0752. The van der Waals surface area contributed by atoms with Crippen molar-refractivity contribution in [1.29, 1.82) is 0 Å². The molecule has 0 unspecified atom stereocenters. The lowest BCUT2D eigenvalue weighted by Gasteiger charge is -2.11. The van der Waals surface area contributed by atoms with Gasteiger partial charge in [-0.15, -0.1) is 0 Å². The summed E-state index contributed by atoms with van der Waals surface area (Å²) in [7, 11) is 0. The van der Waals surface area contributed by atoms with Gasteiger partial charge in [-0.3, -0.25) is 10.1 Å². The van der Waals surface area contributed by atoms with Gasteiger partial charge < -0.3 is 4.74 Å². The fraction of sp³-hybridized carbons (Fsp3) is 0.125. The predicted octanol–water partition coefficient (Wildman–Crippen LogP) is 4.54. The molecule has 2 rings (SSSR count). The molecule has 22 heavy (non-hydrogen) atoms. The fourth-order valence-electron chi connectivity index (χ4n) is 1.81. The van der Waals surface area contributed by atoms with E-state index in [0.717, 1.165) is 11.6 Å². The molecule has 0 fully saturated rings. The van der Waals surface area contributed by atoms with Gasteiger partial charge >= 0.3 is 6.09 Å². The third kappa shape index (κ3) is 4.14. The highest BCUT2D eigenvalue weighted by atomic mass is 79.9. The molecule has 0 aromatic heterocycles. The molecule has 0 spiro atoms. The zero-order chi connectivity index (χ0) is 16.1. The van der Waals surface area contributed by atoms with Gasteiger partial charge in [0.15, 0.2) is 5.78 Å². The highest BCUT2D eigenvalue weighted by Gasteiger charge is 2.14. The van der Waals surface area contributed by atoms with Gasteiger partial charge in [0, 0.05) is 5.56 Å². The van der Waals surface area contributed by atoms with Crippen molar-refractivity contribution in [1.82, 2.24) is 0 Å². The molecule has 0 aliphatic heterocycles. The van der Waals surface area contributed by atoms with E-state index >= 15 is 0 Å². The zero-order valence-electron chi connectivity index (χ0n) is 11.7. The maximum absolute atomic E-state index is 13.6. The summed E-state index contributed by atoms with van der Waals surface area (Å²) < 4.78 is 18.8. The predicted molar refractivity (Wildman–Crippen MR) is 84.4 cm³/mol. The minimum atomic E-state index is -0.756. The van der Waals surface area contributed by atoms with E-state index in [-0.39, 0.29) is 28.1 Å². The topological polar surface area (TPSA) is 55.4 Å². The first kappa shape index (κ1) is 16.2. The second-order valence-corrected chi connectivity index (χ2v) is 5.41. The van der Waals surface area contributed by atoms with E-state index in [1.54, 1.807) is 0 Å². The van der Waals surface area contributed by atoms with Crippen molar-refractivity contribution < 1.29 is 18.7 Å². The monoisotopic (exact) mass is 365 g/mol. The number of ketones is 1. The number of halogens is 2. The molecule has 0 saturated carbocycles. The van der Waals surface area contributed by atoms with Crippen molar-refractivity contribution in [3.63, 3.8) is 0 Å². The number of hydrogen-bond acceptors (Lipinski definition) is 3. The summed E-state index contributed by atoms with van der Waals surface area (Å²) in [6.07, 6.45) is -0.756. The van der Waals surface area contributed by atoms with E-state index in [0.29, 0.717) is 0 Å². The zero-order valence-corrected chi connectivity index (χ0v) is 13.3. The molecule has 0 heterocycles. The van der Waals surface area contributed by atoms with Gasteiger partial charge in [0.1, 0.15) is 12.4 Å². The Labute approximate surface area is 135 Å². The van der Waals surface area contributed by atoms with Crippen molar-refractivity contribution in [3.8, 4) is 0 Å². The minimum Gasteiger partial charge on any atom is -0.444 e. The van der Waals surface area contributed by atoms with Crippen LogP contribution in [0.3, 0.4) is 0 Å². The summed E-state index contributed by atoms with van der Waals surface area (Å²) in [5.74, 6) is -0.873. The van der Waals surface area contributed by atoms with Crippen molar-refractivity contribution >= 4 is 33.5 Å². The van der Waals surface area contributed by atoms with Crippen LogP contribution in [0.25, 0.3) is 0 Å². The number of rotatable bonds is 4. The average Bonchev–Trinajstić information content (AvgIpc) is 2.49. The van der Waals surface area contributed by atoms with Crippen LogP contribution in [0.1, 0.15) is 22.8 Å². The number of Topliss-reactive ketones (excluding diaryl/α,β-unsaturated/α-hetero) is 1. The lowest BCUT2D eigenvalue weighted by Crippen LogP contribution is -2.16. The Hall–Kier alpha value is -2.21. The molecular weight excluding hydrogens is 353 g/mol. The highest BCUT2D eigenvalue weighted by Crippen LogP contribution is 2.25. The number of carbonyl (C=O) groups is 2. The van der Waals surface area contributed by atoms with Crippen LogP contribution in [0.15, 0.2) is 46.9 Å². The third-order valence-electron chi connectivity index (χ3n) is 2.89. The number of carbonyl (C=O) groups excluding carboxylic acids is 2. The van der Waals surface area contributed by atoms with Crippen LogP contribution in [0.5, 0.6) is 0 Å². The van der Waals surface area contributed by atoms with E-state index in [2.05, 4.69) is 21.2 Å². The molecule has 4 nitrogen and oxygen atoms in total. The Balaban J connectivity index is 2.08. The molecule has 6 heteroatoms. The number of ether oxygens (including phenoxy) is 1. The van der Waals surface area contributed by atoms with E-state index < -0.39 is 11.9 Å². The molecule has 0 saturated heterocycles. The van der Waals surface area contributed by atoms with Crippen molar-refractivity contribution in [2.75, 3.05) is 5.32 Å². The molecule has 0 bridgehead atoms. The van der Waals surface area contributed by atoms with Crippen LogP contribution in [-0.2, 0) is 11.3 Å². The summed E-state index contributed by atoms with van der Waals surface area (Å²) in [4.78, 5) is 23.3. The summed E-state index contributed by atoms with van der Waals surface area (Å²) in [6, 6.07) is 11.5. The van der Waals surface area contributed by atoms with Gasteiger partial charge in [-0.25, -0.2) is 9.18 Å². The van der Waals surface area contributed by atoms with E-state index in [4.69, 9.17) is 4.74 Å². The van der Waals surface area contributed by atoms with Gasteiger partial charge in [-0.1, -0.05) is 30.3 Å². The molecule has 114 valence electrons. The van der Waals surface area contributed by atoms with Gasteiger partial charge in [0.2, 0.25) is 0 Å². The van der Waals surface area contributed by atoms with E-state index in [9.17, 15) is 14.0 Å². The molecule has 2 aromatic rings. The first-order valence-electron chi connectivity index (χ1n) is 6.45. The Morgan fingerprint density at radius 2 is 1.91 bits per heavy atom. The molecule has 0 radical (unpaired) electrons. The van der Waals surface area contributed by atoms with Crippen molar-refractivity contribution in [2.24, 2.45) is 0 Å². The average molecular weight is 366 g/mol. The SMILES string of the molecule is CC(=O)c1cc(Br)c(F)cc1NC(=O)OCc1ccccc1. The standard InChI is InChI=1S/C16H13BrFNO3/c1-10(20)12-7-13(17)14(18)8-15(12)19-16(21)22-9-11-5-3-2-4-6-11/h2-8H,9H2,1H3,(H,19,21). The van der Waals surface area contributed by atoms with Crippen LogP contribution in [0.4, 0.5) is 14.9 Å². The Morgan fingerprint density at radius 1 is 1.23 bits per heavy atom. The lowest BCUT2D eigenvalue weighted by molar-refractivity contribution is 0.101. The number of benzene rings is 2. The number of amides is 1. The fourth-order valence-corrected chi connectivity index (χ4v) is 2.15. The van der Waals surface area contributed by atoms with Gasteiger partial charge in [0.05, 0.1) is 10.2 Å². The first-order chi connectivity index (χ1) is 10.5. The second-order valence-electron chi connectivity index (χ2n) is 4.55. The highest BCUT2D eigenvalue weighted by molar-refractivity contribution is 9.10. The smallest absolute Gasteiger partial charge is 0.411 e. The van der Waals surface area contributed by atoms with E-state index in [1.807, 2.05) is 30.3 Å². The maximum Gasteiger partial charge on any atom is 0.411 e. The molecule has 1 N–H and O–H groups in total. The summed E-state index contributed by atoms with van der Waals surface area (Å²) >= 11 is 3.00.